The van der Waals surface area contributed by atoms with E-state index in [1.807, 2.05) is 6.92 Å². The Bertz CT molecular complexity index is 344. The van der Waals surface area contributed by atoms with Gasteiger partial charge in [0.1, 0.15) is 0 Å². The minimum Gasteiger partial charge on any atom is -0.290 e. The fourth-order valence-corrected chi connectivity index (χ4v) is 2.18. The van der Waals surface area contributed by atoms with Crippen LogP contribution in [0.3, 0.4) is 0 Å². The van der Waals surface area contributed by atoms with Gasteiger partial charge in [-0.25, -0.2) is 0 Å². The maximum atomic E-state index is 11.3. The first-order valence-electron chi connectivity index (χ1n) is 4.74. The maximum Gasteiger partial charge on any atom is 0.180 e. The third-order valence-electron chi connectivity index (χ3n) is 3.14. The van der Waals surface area contributed by atoms with Gasteiger partial charge >= 0.3 is 0 Å². The molecule has 1 heteroatoms. The van der Waals surface area contributed by atoms with E-state index < -0.39 is 0 Å². The van der Waals surface area contributed by atoms with E-state index in [1.165, 1.54) is 5.57 Å². The van der Waals surface area contributed by atoms with Crippen molar-refractivity contribution in [2.45, 2.75) is 26.7 Å². The third kappa shape index (κ3) is 1.19. The lowest BCUT2D eigenvalue weighted by Crippen LogP contribution is -2.18. The molecule has 68 valence electrons. The second-order valence-electron chi connectivity index (χ2n) is 3.99. The van der Waals surface area contributed by atoms with Crippen LogP contribution < -0.4 is 0 Å². The summed E-state index contributed by atoms with van der Waals surface area (Å²) >= 11 is 0. The molecular formula is C12H14O. The zero-order chi connectivity index (χ0) is 9.47. The van der Waals surface area contributed by atoms with Gasteiger partial charge in [0.2, 0.25) is 0 Å². The van der Waals surface area contributed by atoms with Crippen LogP contribution in [0.1, 0.15) is 26.7 Å². The smallest absolute Gasteiger partial charge is 0.180 e. The van der Waals surface area contributed by atoms with Gasteiger partial charge in [0, 0.05) is 5.41 Å². The second kappa shape index (κ2) is 2.69. The molecule has 0 radical (unpaired) electrons. The number of allylic oxidation sites excluding steroid dienone is 6. The lowest BCUT2D eigenvalue weighted by atomic mass is 9.77. The molecule has 0 amide bonds. The molecule has 0 saturated carbocycles. The van der Waals surface area contributed by atoms with Crippen LogP contribution in [0.5, 0.6) is 0 Å². The largest absolute Gasteiger partial charge is 0.290 e. The van der Waals surface area contributed by atoms with E-state index in [2.05, 4.69) is 25.2 Å². The van der Waals surface area contributed by atoms with Crippen LogP contribution in [-0.2, 0) is 4.79 Å². The summed E-state index contributed by atoms with van der Waals surface area (Å²) in [4.78, 5) is 11.3. The van der Waals surface area contributed by atoms with E-state index in [4.69, 9.17) is 0 Å². The number of carbonyl (C=O) groups excluding carboxylic acids is 1. The molecule has 0 heterocycles. The Morgan fingerprint density at radius 2 is 2.15 bits per heavy atom. The molecule has 0 aromatic rings. The summed E-state index contributed by atoms with van der Waals surface area (Å²) in [6, 6.07) is 0. The van der Waals surface area contributed by atoms with Crippen LogP contribution in [0.4, 0.5) is 0 Å². The first-order chi connectivity index (χ1) is 6.14. The van der Waals surface area contributed by atoms with Crippen LogP contribution in [0.25, 0.3) is 0 Å². The van der Waals surface area contributed by atoms with Gasteiger partial charge in [0.25, 0.3) is 0 Å². The molecule has 2 aliphatic carbocycles. The summed E-state index contributed by atoms with van der Waals surface area (Å²) in [5, 5.41) is 0. The average Bonchev–Trinajstić information content (AvgIpc) is 2.42. The Morgan fingerprint density at radius 3 is 2.69 bits per heavy atom. The Hall–Kier alpha value is -1.11. The van der Waals surface area contributed by atoms with Gasteiger partial charge in [0.15, 0.2) is 5.78 Å². The van der Waals surface area contributed by atoms with Crippen molar-refractivity contribution in [3.8, 4) is 0 Å². The molecular weight excluding hydrogens is 160 g/mol. The molecule has 1 atom stereocenters. The molecule has 0 aromatic heterocycles. The van der Waals surface area contributed by atoms with Gasteiger partial charge in [-0.2, -0.15) is 0 Å². The highest BCUT2D eigenvalue weighted by molar-refractivity contribution is 6.04. The molecule has 0 aromatic carbocycles. The van der Waals surface area contributed by atoms with Crippen LogP contribution in [0.2, 0.25) is 0 Å². The Kier molecular flexibility index (Phi) is 1.76. The molecule has 1 spiro atoms. The molecule has 0 N–H and O–H groups in total. The normalized spacial score (nSPS) is 32.3. The Morgan fingerprint density at radius 1 is 1.38 bits per heavy atom. The first-order valence-corrected chi connectivity index (χ1v) is 4.74. The molecule has 2 aliphatic rings. The summed E-state index contributed by atoms with van der Waals surface area (Å²) in [7, 11) is 0. The number of hydrogen-bond donors (Lipinski definition) is 0. The van der Waals surface area contributed by atoms with Crippen LogP contribution in [0, 0.1) is 5.41 Å². The standard InChI is InChI=1S/C12H14O/c1-9-8-12(7-5-11(9)13)6-3-4-10(12)2/h4-5,7-8H,3,6H2,1-2H3. The molecule has 1 unspecified atom stereocenters. The highest BCUT2D eigenvalue weighted by atomic mass is 16.1. The molecule has 0 bridgehead atoms. The van der Waals surface area contributed by atoms with Gasteiger partial charge < -0.3 is 0 Å². The molecule has 1 nitrogen and oxygen atoms in total. The highest BCUT2D eigenvalue weighted by Crippen LogP contribution is 2.43. The van der Waals surface area contributed by atoms with E-state index in [9.17, 15) is 4.79 Å². The van der Waals surface area contributed by atoms with Crippen molar-refractivity contribution in [2.24, 2.45) is 5.41 Å². The van der Waals surface area contributed by atoms with E-state index in [0.717, 1.165) is 18.4 Å². The predicted molar refractivity (Wildman–Crippen MR) is 53.3 cm³/mol. The number of carbonyl (C=O) groups is 1. The van der Waals surface area contributed by atoms with Crippen LogP contribution >= 0.6 is 0 Å². The monoisotopic (exact) mass is 174 g/mol. The van der Waals surface area contributed by atoms with Crippen molar-refractivity contribution in [3.63, 3.8) is 0 Å². The lowest BCUT2D eigenvalue weighted by molar-refractivity contribution is -0.111. The summed E-state index contributed by atoms with van der Waals surface area (Å²) in [5.41, 5.74) is 2.35. The maximum absolute atomic E-state index is 11.3. The summed E-state index contributed by atoms with van der Waals surface area (Å²) in [5.74, 6) is 0.158. The zero-order valence-electron chi connectivity index (χ0n) is 8.13. The molecule has 0 aliphatic heterocycles. The number of ketones is 1. The van der Waals surface area contributed by atoms with Gasteiger partial charge in [-0.1, -0.05) is 23.8 Å². The summed E-state index contributed by atoms with van der Waals surface area (Å²) < 4.78 is 0. The van der Waals surface area contributed by atoms with E-state index >= 15 is 0 Å². The van der Waals surface area contributed by atoms with Crippen molar-refractivity contribution >= 4 is 5.78 Å². The van der Waals surface area contributed by atoms with Crippen molar-refractivity contribution in [3.05, 3.63) is 35.5 Å². The van der Waals surface area contributed by atoms with Gasteiger partial charge in [-0.15, -0.1) is 0 Å². The van der Waals surface area contributed by atoms with E-state index in [1.54, 1.807) is 6.08 Å². The summed E-state index contributed by atoms with van der Waals surface area (Å²) in [6.07, 6.45) is 10.4. The Labute approximate surface area is 78.8 Å². The summed E-state index contributed by atoms with van der Waals surface area (Å²) in [6.45, 7) is 4.05. The van der Waals surface area contributed by atoms with Crippen LogP contribution in [-0.4, -0.2) is 5.78 Å². The number of hydrogen-bond acceptors (Lipinski definition) is 1. The quantitative estimate of drug-likeness (QED) is 0.516. The van der Waals surface area contributed by atoms with Crippen molar-refractivity contribution in [2.75, 3.05) is 0 Å². The predicted octanol–water partition coefficient (Wildman–Crippen LogP) is 2.80. The highest BCUT2D eigenvalue weighted by Gasteiger charge is 2.32. The van der Waals surface area contributed by atoms with Gasteiger partial charge in [-0.3, -0.25) is 4.79 Å². The van der Waals surface area contributed by atoms with Crippen LogP contribution in [0.15, 0.2) is 35.5 Å². The van der Waals surface area contributed by atoms with Crippen molar-refractivity contribution in [1.29, 1.82) is 0 Å². The minimum absolute atomic E-state index is 0.0813. The zero-order valence-corrected chi connectivity index (χ0v) is 8.13. The molecule has 2 rings (SSSR count). The van der Waals surface area contributed by atoms with E-state index in [0.29, 0.717) is 0 Å². The average molecular weight is 174 g/mol. The second-order valence-corrected chi connectivity index (χ2v) is 3.99. The van der Waals surface area contributed by atoms with Crippen molar-refractivity contribution in [1.82, 2.24) is 0 Å². The topological polar surface area (TPSA) is 17.1 Å². The molecule has 13 heavy (non-hydrogen) atoms. The van der Waals surface area contributed by atoms with Gasteiger partial charge in [-0.05, 0) is 38.3 Å². The fraction of sp³-hybridized carbons (Fsp3) is 0.417. The van der Waals surface area contributed by atoms with Gasteiger partial charge in [0.05, 0.1) is 0 Å². The number of rotatable bonds is 0. The SMILES string of the molecule is CC1=CC2(C=CC1=O)CCC=C2C. The third-order valence-corrected chi connectivity index (χ3v) is 3.14. The van der Waals surface area contributed by atoms with Crippen molar-refractivity contribution < 1.29 is 4.79 Å². The first kappa shape index (κ1) is 8.49. The van der Waals surface area contributed by atoms with E-state index in [-0.39, 0.29) is 11.2 Å². The molecule has 0 fully saturated rings. The minimum atomic E-state index is 0.0813. The fourth-order valence-electron chi connectivity index (χ4n) is 2.18. The Balaban J connectivity index is 2.42. The lowest BCUT2D eigenvalue weighted by Gasteiger charge is -2.27. The molecule has 0 saturated heterocycles.